The average molecular weight is 330 g/mol. The van der Waals surface area contributed by atoms with Crippen LogP contribution in [0.5, 0.6) is 5.75 Å². The van der Waals surface area contributed by atoms with Crippen molar-refractivity contribution in [3.05, 3.63) is 40.6 Å². The van der Waals surface area contributed by atoms with Gasteiger partial charge in [-0.2, -0.15) is 0 Å². The van der Waals surface area contributed by atoms with Crippen molar-refractivity contribution in [2.45, 2.75) is 0 Å². The van der Waals surface area contributed by atoms with Gasteiger partial charge in [0.05, 0.1) is 10.6 Å². The Kier molecular flexibility index (Phi) is 3.09. The molecule has 0 radical (unpaired) electrons. The van der Waals surface area contributed by atoms with Crippen LogP contribution in [0.3, 0.4) is 0 Å². The number of rotatable bonds is 2. The summed E-state index contributed by atoms with van der Waals surface area (Å²) in [7, 11) is 0. The molecule has 0 fully saturated rings. The molecule has 2 aromatic heterocycles. The van der Waals surface area contributed by atoms with Crippen LogP contribution >= 0.6 is 22.7 Å². The zero-order chi connectivity index (χ0) is 15.1. The van der Waals surface area contributed by atoms with Crippen LogP contribution in [0.25, 0.3) is 9.40 Å². The van der Waals surface area contributed by atoms with Gasteiger partial charge in [-0.05, 0) is 35.7 Å². The third-order valence-corrected chi connectivity index (χ3v) is 5.33. The molecule has 1 aliphatic rings. The Morgan fingerprint density at radius 3 is 3.00 bits per heavy atom. The number of carbonyl (C=O) groups is 2. The molecule has 2 amide bonds. The summed E-state index contributed by atoms with van der Waals surface area (Å²) in [5.41, 5.74) is 1.19. The number of hydrogen-bond donors (Lipinski definition) is 2. The zero-order valence-electron chi connectivity index (χ0n) is 11.2. The lowest BCUT2D eigenvalue weighted by atomic mass is 10.2. The molecule has 0 spiro atoms. The number of ether oxygens (including phenoxy) is 1. The van der Waals surface area contributed by atoms with E-state index in [1.54, 1.807) is 29.5 Å². The second kappa shape index (κ2) is 5.11. The van der Waals surface area contributed by atoms with Crippen LogP contribution in [0.4, 0.5) is 11.4 Å². The van der Waals surface area contributed by atoms with E-state index in [-0.39, 0.29) is 18.4 Å². The molecule has 7 heteroatoms. The number of amides is 2. The Morgan fingerprint density at radius 2 is 2.14 bits per heavy atom. The smallest absolute Gasteiger partial charge is 0.265 e. The first-order valence-electron chi connectivity index (χ1n) is 6.54. The summed E-state index contributed by atoms with van der Waals surface area (Å²) in [6.07, 6.45) is 0. The van der Waals surface area contributed by atoms with Gasteiger partial charge in [0.1, 0.15) is 5.75 Å². The molecule has 0 unspecified atom stereocenters. The number of fused-ring (bicyclic) bond motifs is 2. The molecule has 0 atom stereocenters. The zero-order valence-corrected chi connectivity index (χ0v) is 12.8. The summed E-state index contributed by atoms with van der Waals surface area (Å²) in [5.74, 6) is 0.250. The number of carbonyl (C=O) groups excluding carboxylic acids is 2. The van der Waals surface area contributed by atoms with Gasteiger partial charge in [0.25, 0.3) is 11.8 Å². The minimum atomic E-state index is -0.200. The fourth-order valence-corrected chi connectivity index (χ4v) is 4.24. The Bertz CT molecular complexity index is 869. The summed E-state index contributed by atoms with van der Waals surface area (Å²) >= 11 is 3.08. The maximum atomic E-state index is 12.3. The van der Waals surface area contributed by atoms with Crippen molar-refractivity contribution in [2.75, 3.05) is 17.2 Å². The van der Waals surface area contributed by atoms with Gasteiger partial charge in [-0.25, -0.2) is 0 Å². The van der Waals surface area contributed by atoms with Crippen LogP contribution in [-0.2, 0) is 4.79 Å². The molecule has 5 nitrogen and oxygen atoms in total. The SMILES string of the molecule is O=C1COc2ccc(NC(=O)c3cc4sccc4s3)cc2N1. The molecule has 1 aliphatic heterocycles. The van der Waals surface area contributed by atoms with Crippen LogP contribution in [0, 0.1) is 0 Å². The lowest BCUT2D eigenvalue weighted by Crippen LogP contribution is -2.25. The first-order chi connectivity index (χ1) is 10.7. The second-order valence-electron chi connectivity index (χ2n) is 4.76. The van der Waals surface area contributed by atoms with Crippen molar-refractivity contribution in [3.63, 3.8) is 0 Å². The van der Waals surface area contributed by atoms with Gasteiger partial charge < -0.3 is 15.4 Å². The summed E-state index contributed by atoms with van der Waals surface area (Å²) in [6, 6.07) is 9.08. The fourth-order valence-electron chi connectivity index (χ4n) is 2.23. The number of hydrogen-bond acceptors (Lipinski definition) is 5. The molecule has 0 saturated heterocycles. The fraction of sp³-hybridized carbons (Fsp3) is 0.0667. The minimum Gasteiger partial charge on any atom is -0.482 e. The van der Waals surface area contributed by atoms with Crippen LogP contribution in [0.15, 0.2) is 35.7 Å². The van der Waals surface area contributed by atoms with Gasteiger partial charge in [-0.1, -0.05) is 0 Å². The number of thiophene rings is 2. The number of anilines is 2. The molecule has 4 rings (SSSR count). The topological polar surface area (TPSA) is 67.4 Å². The maximum absolute atomic E-state index is 12.3. The highest BCUT2D eigenvalue weighted by atomic mass is 32.1. The van der Waals surface area contributed by atoms with E-state index in [0.717, 1.165) is 9.40 Å². The van der Waals surface area contributed by atoms with Crippen LogP contribution in [-0.4, -0.2) is 18.4 Å². The Morgan fingerprint density at radius 1 is 1.23 bits per heavy atom. The minimum absolute atomic E-state index is 0.0185. The van der Waals surface area contributed by atoms with Crippen LogP contribution in [0.1, 0.15) is 9.67 Å². The van der Waals surface area contributed by atoms with Crippen LogP contribution in [0.2, 0.25) is 0 Å². The molecule has 2 N–H and O–H groups in total. The van der Waals surface area contributed by atoms with E-state index >= 15 is 0 Å². The number of nitrogens with one attached hydrogen (secondary N) is 2. The van der Waals surface area contributed by atoms with Crippen molar-refractivity contribution in [1.82, 2.24) is 0 Å². The van der Waals surface area contributed by atoms with E-state index in [0.29, 0.717) is 22.0 Å². The highest BCUT2D eigenvalue weighted by Crippen LogP contribution is 2.32. The van der Waals surface area contributed by atoms with E-state index in [1.165, 1.54) is 11.3 Å². The molecular weight excluding hydrogens is 320 g/mol. The predicted octanol–water partition coefficient (Wildman–Crippen LogP) is 3.55. The summed E-state index contributed by atoms with van der Waals surface area (Å²) in [4.78, 5) is 24.3. The molecule has 3 heterocycles. The van der Waals surface area contributed by atoms with Gasteiger partial charge in [0, 0.05) is 15.1 Å². The largest absolute Gasteiger partial charge is 0.482 e. The van der Waals surface area contributed by atoms with E-state index < -0.39 is 0 Å². The Hall–Kier alpha value is -2.38. The Labute approximate surface area is 133 Å². The van der Waals surface area contributed by atoms with Crippen molar-refractivity contribution >= 4 is 55.3 Å². The maximum Gasteiger partial charge on any atom is 0.265 e. The molecule has 22 heavy (non-hydrogen) atoms. The molecule has 1 aromatic carbocycles. The molecule has 0 saturated carbocycles. The summed E-state index contributed by atoms with van der Waals surface area (Å²) in [5, 5.41) is 7.57. The quantitative estimate of drug-likeness (QED) is 0.755. The Balaban J connectivity index is 1.57. The lowest BCUT2D eigenvalue weighted by Gasteiger charge is -2.18. The summed E-state index contributed by atoms with van der Waals surface area (Å²) < 4.78 is 7.51. The first kappa shape index (κ1) is 13.3. The van der Waals surface area contributed by atoms with Crippen molar-refractivity contribution in [2.24, 2.45) is 0 Å². The van der Waals surface area contributed by atoms with Gasteiger partial charge in [-0.15, -0.1) is 22.7 Å². The lowest BCUT2D eigenvalue weighted by molar-refractivity contribution is -0.118. The highest BCUT2D eigenvalue weighted by Gasteiger charge is 2.17. The standard InChI is InChI=1S/C15H10N2O3S2/c18-14-7-20-10-2-1-8(5-9(10)17-14)16-15(19)13-6-12-11(22-13)3-4-21-12/h1-6H,7H2,(H,16,19)(H,17,18). The van der Waals surface area contributed by atoms with Gasteiger partial charge >= 0.3 is 0 Å². The van der Waals surface area contributed by atoms with Gasteiger partial charge in [0.2, 0.25) is 0 Å². The normalized spacial score (nSPS) is 13.4. The van der Waals surface area contributed by atoms with Gasteiger partial charge in [0.15, 0.2) is 6.61 Å². The monoisotopic (exact) mass is 330 g/mol. The van der Waals surface area contributed by atoms with E-state index in [4.69, 9.17) is 4.74 Å². The highest BCUT2D eigenvalue weighted by molar-refractivity contribution is 7.27. The molecule has 110 valence electrons. The third-order valence-electron chi connectivity index (χ3n) is 3.23. The summed E-state index contributed by atoms with van der Waals surface area (Å²) in [6.45, 7) is 0.0185. The van der Waals surface area contributed by atoms with Crippen molar-refractivity contribution < 1.29 is 14.3 Å². The van der Waals surface area contributed by atoms with E-state index in [9.17, 15) is 9.59 Å². The third kappa shape index (κ3) is 2.34. The van der Waals surface area contributed by atoms with Gasteiger partial charge in [-0.3, -0.25) is 9.59 Å². The number of benzene rings is 1. The molecule has 0 bridgehead atoms. The van der Waals surface area contributed by atoms with E-state index in [1.807, 2.05) is 17.5 Å². The van der Waals surface area contributed by atoms with Crippen LogP contribution < -0.4 is 15.4 Å². The predicted molar refractivity (Wildman–Crippen MR) is 88.2 cm³/mol. The van der Waals surface area contributed by atoms with Crippen molar-refractivity contribution in [3.8, 4) is 5.75 Å². The molecule has 3 aromatic rings. The second-order valence-corrected chi connectivity index (χ2v) is 6.79. The van der Waals surface area contributed by atoms with E-state index in [2.05, 4.69) is 10.6 Å². The first-order valence-corrected chi connectivity index (χ1v) is 8.24. The van der Waals surface area contributed by atoms with Crippen molar-refractivity contribution in [1.29, 1.82) is 0 Å². The molecular formula is C15H10N2O3S2. The average Bonchev–Trinajstić information content (AvgIpc) is 3.08. The molecule has 0 aliphatic carbocycles.